The molecule has 0 N–H and O–H groups in total. The number of benzene rings is 2. The standard InChI is InChI=1S/C21H18FN5/c22-20-7-5-16(6-8-20)18-11-19(21-23-24-25-27(21)14-18)13-26-10-9-15-3-1-2-4-17(15)12-26/h1-8,11,14H,9-10,12-13H2. The second-order valence-electron chi connectivity index (χ2n) is 6.94. The van der Waals surface area contributed by atoms with E-state index in [1.807, 2.05) is 6.20 Å². The van der Waals surface area contributed by atoms with Crippen molar-refractivity contribution in [2.24, 2.45) is 0 Å². The Morgan fingerprint density at radius 1 is 0.963 bits per heavy atom. The Balaban J connectivity index is 1.49. The molecule has 6 heteroatoms. The van der Waals surface area contributed by atoms with E-state index in [1.54, 1.807) is 16.6 Å². The van der Waals surface area contributed by atoms with Crippen LogP contribution >= 0.6 is 0 Å². The molecular formula is C21H18FN5. The van der Waals surface area contributed by atoms with Crippen LogP contribution in [0.1, 0.15) is 16.7 Å². The van der Waals surface area contributed by atoms with Crippen LogP contribution in [-0.2, 0) is 19.5 Å². The fraction of sp³-hybridized carbons (Fsp3) is 0.190. The highest BCUT2D eigenvalue weighted by molar-refractivity contribution is 5.66. The average Bonchev–Trinajstić information content (AvgIpc) is 3.17. The zero-order valence-electron chi connectivity index (χ0n) is 14.7. The van der Waals surface area contributed by atoms with Gasteiger partial charge >= 0.3 is 0 Å². The van der Waals surface area contributed by atoms with E-state index < -0.39 is 0 Å². The Kier molecular flexibility index (Phi) is 3.90. The van der Waals surface area contributed by atoms with E-state index in [2.05, 4.69) is 50.8 Å². The molecule has 5 rings (SSSR count). The topological polar surface area (TPSA) is 46.3 Å². The van der Waals surface area contributed by atoms with Crippen LogP contribution in [0.15, 0.2) is 60.8 Å². The van der Waals surface area contributed by atoms with Crippen molar-refractivity contribution in [3.8, 4) is 11.1 Å². The molecule has 3 heterocycles. The van der Waals surface area contributed by atoms with Gasteiger partial charge in [0.2, 0.25) is 0 Å². The highest BCUT2D eigenvalue weighted by atomic mass is 19.1. The van der Waals surface area contributed by atoms with Crippen LogP contribution in [0.4, 0.5) is 4.39 Å². The highest BCUT2D eigenvalue weighted by Gasteiger charge is 2.18. The molecule has 1 aliphatic heterocycles. The van der Waals surface area contributed by atoms with Gasteiger partial charge in [0.05, 0.1) is 0 Å². The van der Waals surface area contributed by atoms with E-state index in [1.165, 1.54) is 23.3 Å². The minimum absolute atomic E-state index is 0.241. The summed E-state index contributed by atoms with van der Waals surface area (Å²) < 4.78 is 15.0. The summed E-state index contributed by atoms with van der Waals surface area (Å²) in [5.74, 6) is -0.241. The van der Waals surface area contributed by atoms with Crippen LogP contribution in [0.3, 0.4) is 0 Å². The van der Waals surface area contributed by atoms with Crippen molar-refractivity contribution < 1.29 is 4.39 Å². The number of halogens is 1. The SMILES string of the molecule is Fc1ccc(-c2cc(CN3CCc4ccccc4C3)c3nnnn3c2)cc1. The lowest BCUT2D eigenvalue weighted by Gasteiger charge is -2.28. The summed E-state index contributed by atoms with van der Waals surface area (Å²) in [4.78, 5) is 2.42. The van der Waals surface area contributed by atoms with Gasteiger partial charge in [-0.2, -0.15) is 4.52 Å². The number of rotatable bonds is 3. The lowest BCUT2D eigenvalue weighted by Crippen LogP contribution is -2.30. The fourth-order valence-corrected chi connectivity index (χ4v) is 3.76. The van der Waals surface area contributed by atoms with Gasteiger partial charge in [-0.05, 0) is 51.7 Å². The lowest BCUT2D eigenvalue weighted by atomic mass is 9.99. The fourth-order valence-electron chi connectivity index (χ4n) is 3.76. The van der Waals surface area contributed by atoms with Crippen LogP contribution in [0.2, 0.25) is 0 Å². The van der Waals surface area contributed by atoms with E-state index in [0.29, 0.717) is 0 Å². The third-order valence-corrected chi connectivity index (χ3v) is 5.15. The monoisotopic (exact) mass is 359 g/mol. The van der Waals surface area contributed by atoms with Crippen LogP contribution < -0.4 is 0 Å². The quantitative estimate of drug-likeness (QED) is 0.562. The van der Waals surface area contributed by atoms with E-state index in [4.69, 9.17) is 0 Å². The minimum atomic E-state index is -0.241. The van der Waals surface area contributed by atoms with Crippen molar-refractivity contribution in [2.75, 3.05) is 6.54 Å². The van der Waals surface area contributed by atoms with Crippen LogP contribution in [0.5, 0.6) is 0 Å². The first-order chi connectivity index (χ1) is 13.3. The largest absolute Gasteiger partial charge is 0.294 e. The van der Waals surface area contributed by atoms with Crippen molar-refractivity contribution >= 4 is 5.65 Å². The summed E-state index contributed by atoms with van der Waals surface area (Å²) in [5, 5.41) is 12.1. The van der Waals surface area contributed by atoms with Gasteiger partial charge in [0.25, 0.3) is 0 Å². The first-order valence-electron chi connectivity index (χ1n) is 9.02. The molecule has 0 aliphatic carbocycles. The second kappa shape index (κ2) is 6.55. The predicted molar refractivity (Wildman–Crippen MR) is 100 cm³/mol. The van der Waals surface area contributed by atoms with Crippen molar-refractivity contribution in [2.45, 2.75) is 19.5 Å². The highest BCUT2D eigenvalue weighted by Crippen LogP contribution is 2.25. The number of pyridine rings is 1. The molecule has 27 heavy (non-hydrogen) atoms. The van der Waals surface area contributed by atoms with Gasteiger partial charge in [-0.25, -0.2) is 4.39 Å². The molecule has 0 saturated carbocycles. The van der Waals surface area contributed by atoms with Gasteiger partial charge in [-0.15, -0.1) is 5.10 Å². The molecule has 0 unspecified atom stereocenters. The van der Waals surface area contributed by atoms with Crippen molar-refractivity contribution in [1.29, 1.82) is 0 Å². The zero-order valence-corrected chi connectivity index (χ0v) is 14.7. The first kappa shape index (κ1) is 16.1. The van der Waals surface area contributed by atoms with E-state index in [-0.39, 0.29) is 5.82 Å². The van der Waals surface area contributed by atoms with Crippen molar-refractivity contribution in [3.63, 3.8) is 0 Å². The summed E-state index contributed by atoms with van der Waals surface area (Å²) in [6.45, 7) is 2.70. The Bertz CT molecular complexity index is 1100. The Labute approximate surface area is 156 Å². The maximum Gasteiger partial charge on any atom is 0.183 e. The summed E-state index contributed by atoms with van der Waals surface area (Å²) in [6.07, 6.45) is 2.94. The van der Waals surface area contributed by atoms with Crippen LogP contribution in [0, 0.1) is 5.82 Å². The maximum absolute atomic E-state index is 13.3. The van der Waals surface area contributed by atoms with Crippen LogP contribution in [0.25, 0.3) is 16.8 Å². The summed E-state index contributed by atoms with van der Waals surface area (Å²) in [6, 6.07) is 17.2. The van der Waals surface area contributed by atoms with Gasteiger partial charge in [-0.3, -0.25) is 4.90 Å². The third kappa shape index (κ3) is 3.08. The average molecular weight is 359 g/mol. The molecule has 0 radical (unpaired) electrons. The number of fused-ring (bicyclic) bond motifs is 2. The number of tetrazole rings is 1. The molecular weight excluding hydrogens is 341 g/mol. The van der Waals surface area contributed by atoms with Gasteiger partial charge in [0.1, 0.15) is 5.82 Å². The summed E-state index contributed by atoms with van der Waals surface area (Å²) in [7, 11) is 0. The normalized spacial score (nSPS) is 14.4. The summed E-state index contributed by atoms with van der Waals surface area (Å²) in [5.41, 5.74) is 6.57. The lowest BCUT2D eigenvalue weighted by molar-refractivity contribution is 0.246. The molecule has 0 amide bonds. The molecule has 0 saturated heterocycles. The Morgan fingerprint density at radius 3 is 2.63 bits per heavy atom. The molecule has 0 bridgehead atoms. The van der Waals surface area contributed by atoms with E-state index in [9.17, 15) is 4.39 Å². The second-order valence-corrected chi connectivity index (χ2v) is 6.94. The molecule has 4 aromatic rings. The van der Waals surface area contributed by atoms with Crippen molar-refractivity contribution in [1.82, 2.24) is 24.9 Å². The molecule has 0 spiro atoms. The summed E-state index contributed by atoms with van der Waals surface area (Å²) >= 11 is 0. The maximum atomic E-state index is 13.3. The minimum Gasteiger partial charge on any atom is -0.294 e. The molecule has 0 atom stereocenters. The van der Waals surface area contributed by atoms with E-state index in [0.717, 1.165) is 48.4 Å². The molecule has 2 aromatic carbocycles. The van der Waals surface area contributed by atoms with Gasteiger partial charge in [0.15, 0.2) is 5.65 Å². The first-order valence-corrected chi connectivity index (χ1v) is 9.02. The molecule has 5 nitrogen and oxygen atoms in total. The van der Waals surface area contributed by atoms with E-state index >= 15 is 0 Å². The number of hydrogen-bond acceptors (Lipinski definition) is 4. The third-order valence-electron chi connectivity index (χ3n) is 5.15. The molecule has 134 valence electrons. The van der Waals surface area contributed by atoms with Crippen LogP contribution in [-0.4, -0.2) is 31.5 Å². The predicted octanol–water partition coefficient (Wildman–Crippen LogP) is 3.49. The Hall–Kier alpha value is -3.12. The molecule has 0 fully saturated rings. The molecule has 2 aromatic heterocycles. The van der Waals surface area contributed by atoms with Crippen molar-refractivity contribution in [3.05, 3.63) is 83.3 Å². The zero-order chi connectivity index (χ0) is 18.2. The molecule has 1 aliphatic rings. The van der Waals surface area contributed by atoms with Gasteiger partial charge in [-0.1, -0.05) is 36.4 Å². The number of hydrogen-bond donors (Lipinski definition) is 0. The smallest absolute Gasteiger partial charge is 0.183 e. The van der Waals surface area contributed by atoms with Gasteiger partial charge in [0, 0.05) is 37.0 Å². The van der Waals surface area contributed by atoms with Gasteiger partial charge < -0.3 is 0 Å². The number of nitrogens with zero attached hydrogens (tertiary/aromatic N) is 5. The Morgan fingerprint density at radius 2 is 1.78 bits per heavy atom. The number of aromatic nitrogens is 4.